The number of piperazine rings is 1. The van der Waals surface area contributed by atoms with Gasteiger partial charge in [-0.15, -0.1) is 0 Å². The van der Waals surface area contributed by atoms with Gasteiger partial charge in [-0.25, -0.2) is 4.79 Å². The van der Waals surface area contributed by atoms with Crippen LogP contribution in [0.15, 0.2) is 84.9 Å². The Morgan fingerprint density at radius 2 is 1.62 bits per heavy atom. The first-order chi connectivity index (χ1) is 21.7. The molecule has 3 atom stereocenters. The summed E-state index contributed by atoms with van der Waals surface area (Å²) in [6.07, 6.45) is 1.05. The number of carboxylic acid groups (broad SMARTS) is 1. The maximum Gasteiger partial charge on any atom is 0.337 e. The van der Waals surface area contributed by atoms with E-state index in [9.17, 15) is 9.90 Å². The highest BCUT2D eigenvalue weighted by atomic mass is 35.5. The summed E-state index contributed by atoms with van der Waals surface area (Å²) in [7, 11) is 1.63. The summed E-state index contributed by atoms with van der Waals surface area (Å²) in [6.45, 7) is 7.22. The minimum Gasteiger partial charge on any atom is -0.508 e. The summed E-state index contributed by atoms with van der Waals surface area (Å²) in [5, 5.41) is 40.6. The van der Waals surface area contributed by atoms with Crippen molar-refractivity contribution in [1.29, 1.82) is 0 Å². The van der Waals surface area contributed by atoms with Crippen LogP contribution in [0.1, 0.15) is 55.1 Å². The van der Waals surface area contributed by atoms with Gasteiger partial charge in [0.05, 0.1) is 18.2 Å². The largest absolute Gasteiger partial charge is 0.508 e. The number of ether oxygens (including phenoxy) is 1. The Labute approximate surface area is 270 Å². The van der Waals surface area contributed by atoms with Gasteiger partial charge in [0.2, 0.25) is 0 Å². The molecule has 0 unspecified atom stereocenters. The number of aliphatic carboxylic acids is 1. The minimum absolute atomic E-state index is 0.00463. The number of phenols is 1. The number of fused-ring (bicyclic) bond motifs is 1. The van der Waals surface area contributed by atoms with E-state index in [4.69, 9.17) is 31.7 Å². The van der Waals surface area contributed by atoms with Gasteiger partial charge in [0, 0.05) is 49.7 Å². The van der Waals surface area contributed by atoms with Crippen LogP contribution in [-0.2, 0) is 11.3 Å². The summed E-state index contributed by atoms with van der Waals surface area (Å²) in [6, 6.07) is 26.6. The zero-order valence-electron chi connectivity index (χ0n) is 25.8. The van der Waals surface area contributed by atoms with Crippen molar-refractivity contribution in [3.05, 3.63) is 107 Å². The van der Waals surface area contributed by atoms with Crippen molar-refractivity contribution in [2.24, 2.45) is 0 Å². The van der Waals surface area contributed by atoms with E-state index in [1.807, 2.05) is 24.3 Å². The van der Waals surface area contributed by atoms with E-state index in [1.165, 1.54) is 17.7 Å². The first kappa shape index (κ1) is 34.2. The summed E-state index contributed by atoms with van der Waals surface area (Å²) in [4.78, 5) is 15.3. The van der Waals surface area contributed by atoms with Crippen molar-refractivity contribution in [3.8, 4) is 11.5 Å². The molecular weight excluding hydrogens is 592 g/mol. The lowest BCUT2D eigenvalue weighted by atomic mass is 9.94. The Balaban J connectivity index is 0.000000323. The van der Waals surface area contributed by atoms with E-state index in [0.29, 0.717) is 10.8 Å². The molecule has 0 spiro atoms. The highest BCUT2D eigenvalue weighted by Crippen LogP contribution is 2.35. The number of hydrogen-bond acceptors (Lipinski definition) is 7. The number of aromatic hydroxyl groups is 1. The van der Waals surface area contributed by atoms with Crippen LogP contribution in [0.4, 0.5) is 0 Å². The molecule has 0 aromatic heterocycles. The Morgan fingerprint density at radius 1 is 0.933 bits per heavy atom. The molecule has 0 aliphatic carbocycles. The monoisotopic (exact) mass is 634 g/mol. The fraction of sp³-hybridized carbons (Fsp3) is 0.361. The third-order valence-corrected chi connectivity index (χ3v) is 8.70. The first-order valence-corrected chi connectivity index (χ1v) is 15.7. The molecule has 4 aromatic rings. The number of aliphatic hydroxyl groups is 2. The quantitative estimate of drug-likeness (QED) is 0.149. The summed E-state index contributed by atoms with van der Waals surface area (Å²) >= 11 is 6.50. The number of halogens is 1. The molecule has 0 bridgehead atoms. The van der Waals surface area contributed by atoms with Gasteiger partial charge < -0.3 is 25.2 Å². The first-order valence-electron chi connectivity index (χ1n) is 15.4. The number of carbonyl (C=O) groups is 1. The molecule has 4 N–H and O–H groups in total. The molecule has 1 aliphatic rings. The van der Waals surface area contributed by atoms with Crippen LogP contribution in [0.3, 0.4) is 0 Å². The zero-order chi connectivity index (χ0) is 32.3. The average molecular weight is 635 g/mol. The van der Waals surface area contributed by atoms with Gasteiger partial charge in [0.1, 0.15) is 11.5 Å². The van der Waals surface area contributed by atoms with Gasteiger partial charge in [-0.2, -0.15) is 0 Å². The lowest BCUT2D eigenvalue weighted by Gasteiger charge is -2.41. The van der Waals surface area contributed by atoms with Crippen LogP contribution in [0, 0.1) is 0 Å². The van der Waals surface area contributed by atoms with Crippen molar-refractivity contribution in [2.45, 2.75) is 51.0 Å². The van der Waals surface area contributed by atoms with Gasteiger partial charge in [-0.3, -0.25) is 9.80 Å². The highest BCUT2D eigenvalue weighted by molar-refractivity contribution is 6.37. The average Bonchev–Trinajstić information content (AvgIpc) is 3.06. The van der Waals surface area contributed by atoms with Gasteiger partial charge in [0.25, 0.3) is 0 Å². The van der Waals surface area contributed by atoms with E-state index in [1.54, 1.807) is 19.2 Å². The fourth-order valence-corrected chi connectivity index (χ4v) is 6.07. The van der Waals surface area contributed by atoms with E-state index >= 15 is 0 Å². The zero-order valence-corrected chi connectivity index (χ0v) is 26.6. The molecule has 1 aliphatic heterocycles. The van der Waals surface area contributed by atoms with Gasteiger partial charge >= 0.3 is 5.97 Å². The lowest BCUT2D eigenvalue weighted by Crippen LogP contribution is -2.51. The van der Waals surface area contributed by atoms with E-state index in [-0.39, 0.29) is 17.4 Å². The van der Waals surface area contributed by atoms with E-state index in [2.05, 4.69) is 53.1 Å². The Morgan fingerprint density at radius 3 is 2.27 bits per heavy atom. The predicted octanol–water partition coefficient (Wildman–Crippen LogP) is 6.42. The summed E-state index contributed by atoms with van der Waals surface area (Å²) < 4.78 is 5.35. The maximum absolute atomic E-state index is 11.5. The van der Waals surface area contributed by atoms with E-state index < -0.39 is 18.2 Å². The number of unbranched alkanes of at least 4 members (excludes halogenated alkanes) is 1. The molecule has 240 valence electrons. The van der Waals surface area contributed by atoms with Crippen LogP contribution in [0.5, 0.6) is 11.5 Å². The molecule has 8 nitrogen and oxygen atoms in total. The molecule has 9 heteroatoms. The van der Waals surface area contributed by atoms with Crippen molar-refractivity contribution in [2.75, 3.05) is 33.3 Å². The second-order valence-corrected chi connectivity index (χ2v) is 11.7. The van der Waals surface area contributed by atoms with Crippen LogP contribution < -0.4 is 4.74 Å². The second kappa shape index (κ2) is 16.6. The lowest BCUT2D eigenvalue weighted by molar-refractivity contribution is -0.147. The Kier molecular flexibility index (Phi) is 12.6. The molecule has 1 fully saturated rings. The third-order valence-electron chi connectivity index (χ3n) is 8.31. The van der Waals surface area contributed by atoms with Crippen molar-refractivity contribution < 1.29 is 30.0 Å². The molecule has 5 rings (SSSR count). The SMILES string of the molecule is CCCC[C@H]([C@H](O)c1ccc2c(Cl)c(OC)ccc2c1)N1CCN(Cc2ccccc2)CC1.O=C(O)[C@@H](O)c1ccccc1O. The van der Waals surface area contributed by atoms with Crippen LogP contribution in [0.2, 0.25) is 5.02 Å². The molecule has 4 aromatic carbocycles. The van der Waals surface area contributed by atoms with Gasteiger partial charge in [-0.05, 0) is 41.1 Å². The topological polar surface area (TPSA) is 114 Å². The summed E-state index contributed by atoms with van der Waals surface area (Å²) in [5.74, 6) is -0.921. The van der Waals surface area contributed by atoms with Crippen molar-refractivity contribution in [1.82, 2.24) is 9.80 Å². The number of phenolic OH excluding ortho intramolecular Hbond substituents is 1. The molecule has 0 amide bonds. The third kappa shape index (κ3) is 8.96. The predicted molar refractivity (Wildman–Crippen MR) is 178 cm³/mol. The number of nitrogens with zero attached hydrogens (tertiary/aromatic N) is 2. The highest BCUT2D eigenvalue weighted by Gasteiger charge is 2.30. The van der Waals surface area contributed by atoms with Crippen LogP contribution >= 0.6 is 11.6 Å². The van der Waals surface area contributed by atoms with Crippen molar-refractivity contribution in [3.63, 3.8) is 0 Å². The second-order valence-electron chi connectivity index (χ2n) is 11.3. The standard InChI is InChI=1S/C28H35ClN2O2.C8H8O4/c1-3-4-10-25(31-17-15-30(16-18-31)20-21-8-6-5-7-9-21)28(32)23-11-13-24-22(19-23)12-14-26(33-2)27(24)29;9-6-4-2-1-3-5(6)7(10)8(11)12/h5-9,11-14,19,25,28,32H,3-4,10,15-18,20H2,1-2H3;1-4,7,9-10H,(H,11,12)/t25-,28-;7-/m10/s1. The number of hydrogen-bond donors (Lipinski definition) is 4. The molecular formula is C36H43ClN2O6. The van der Waals surface area contributed by atoms with E-state index in [0.717, 1.165) is 68.3 Å². The minimum atomic E-state index is -1.66. The van der Waals surface area contributed by atoms with Gasteiger partial charge in [0.15, 0.2) is 6.10 Å². The number of rotatable bonds is 11. The Hall–Kier alpha value is -3.66. The molecule has 0 radical (unpaired) electrons. The number of para-hydroxylation sites is 1. The van der Waals surface area contributed by atoms with Crippen LogP contribution in [-0.4, -0.2) is 75.5 Å². The number of aliphatic hydroxyl groups excluding tert-OH is 2. The normalized spacial score (nSPS) is 15.9. The number of methoxy groups -OCH3 is 1. The molecule has 0 saturated carbocycles. The molecule has 1 saturated heterocycles. The molecule has 1 heterocycles. The molecule has 45 heavy (non-hydrogen) atoms. The Bertz CT molecular complexity index is 1530. The maximum atomic E-state index is 11.5. The fourth-order valence-electron chi connectivity index (χ4n) is 5.75. The summed E-state index contributed by atoms with van der Waals surface area (Å²) in [5.41, 5.74) is 2.32. The number of carboxylic acids is 1. The smallest absolute Gasteiger partial charge is 0.337 e. The number of benzene rings is 4. The van der Waals surface area contributed by atoms with Gasteiger partial charge in [-0.1, -0.05) is 98.1 Å². The van der Waals surface area contributed by atoms with Crippen LogP contribution in [0.25, 0.3) is 10.8 Å². The van der Waals surface area contributed by atoms with Crippen molar-refractivity contribution >= 4 is 28.3 Å².